The summed E-state index contributed by atoms with van der Waals surface area (Å²) in [6, 6.07) is 40.3. The molecule has 2 aliphatic rings. The first-order chi connectivity index (χ1) is 43.9. The topological polar surface area (TPSA) is 216 Å². The molecule has 0 bridgehead atoms. The quantitative estimate of drug-likeness (QED) is 0.0252. The Balaban J connectivity index is 0.000000238. The first kappa shape index (κ1) is 67.1. The Labute approximate surface area is 530 Å². The van der Waals surface area contributed by atoms with E-state index < -0.39 is 17.9 Å². The minimum absolute atomic E-state index is 0.0659. The Bertz CT molecular complexity index is 3330. The lowest BCUT2D eigenvalue weighted by molar-refractivity contribution is -0.150. The zero-order valence-electron chi connectivity index (χ0n) is 52.6. The molecule has 2 saturated heterocycles. The smallest absolute Gasteiger partial charge is 0.310 e. The second-order valence-electron chi connectivity index (χ2n) is 23.2. The number of methoxy groups -OCH3 is 2. The van der Waals surface area contributed by atoms with Gasteiger partial charge >= 0.3 is 17.9 Å². The second-order valence-corrected chi connectivity index (χ2v) is 23.2. The van der Waals surface area contributed by atoms with E-state index in [-0.39, 0.29) is 55.2 Å². The van der Waals surface area contributed by atoms with Crippen LogP contribution in [0.4, 0.5) is 0 Å². The molecular weight excluding hydrogens is 1130 g/mol. The van der Waals surface area contributed by atoms with Crippen LogP contribution >= 0.6 is 0 Å². The van der Waals surface area contributed by atoms with Crippen LogP contribution in [0.3, 0.4) is 0 Å². The van der Waals surface area contributed by atoms with Crippen molar-refractivity contribution < 1.29 is 47.7 Å². The minimum atomic E-state index is -0.666. The average molecular weight is 1220 g/mol. The van der Waals surface area contributed by atoms with Crippen LogP contribution in [0, 0.1) is 17.8 Å². The predicted molar refractivity (Wildman–Crippen MR) is 347 cm³/mol. The highest BCUT2D eigenvalue weighted by atomic mass is 16.5. The molecule has 2 aromatic heterocycles. The van der Waals surface area contributed by atoms with E-state index in [9.17, 15) is 24.0 Å². The molecule has 0 saturated carbocycles. The van der Waals surface area contributed by atoms with E-state index in [4.69, 9.17) is 29.4 Å². The zero-order chi connectivity index (χ0) is 63.5. The third kappa shape index (κ3) is 20.4. The van der Waals surface area contributed by atoms with Crippen LogP contribution in [0.25, 0.3) is 45.0 Å². The van der Waals surface area contributed by atoms with E-state index in [1.165, 1.54) is 65.6 Å². The molecule has 17 nitrogen and oxygen atoms in total. The lowest BCUT2D eigenvalue weighted by Gasteiger charge is -2.23. The fourth-order valence-corrected chi connectivity index (χ4v) is 11.1. The molecule has 474 valence electrons. The Morgan fingerprint density at radius 3 is 1.36 bits per heavy atom. The largest absolute Gasteiger partial charge is 0.494 e. The van der Waals surface area contributed by atoms with Gasteiger partial charge in [0.05, 0.1) is 57.6 Å². The number of nitrogens with two attached hydrogens (primary N) is 1. The number of benzene rings is 5. The summed E-state index contributed by atoms with van der Waals surface area (Å²) in [6.45, 7) is 7.67. The standard InChI is InChI=1S/C41H47N3O6.C32H40N4O4/c1-3-4-5-6-10-23-49-37-19-17-32(18-20-37)36-26-42-39(43-27-36)33-15-13-30(14-16-33)24-35(25-38(45)50-29-31-11-8-7-9-12-31)40(46)44-22-21-34(28-44)41(47)48-2;1-3-4-5-6-7-18-40-28-14-12-24(13-15-28)27-20-34-30(35-21-27)25-10-8-23(9-11-25)19-29(33)31(37)36-17-16-26(22-36)32(38)39-2/h7-9,11-20,26-27,34-35H,3-6,10,21-25,28-29H2,1-2H3;8-15,20-21,26,29H,3-7,16-19,22,33H2,1-2H3/t34-,35+;26-,29-/m00/s1. The maximum Gasteiger partial charge on any atom is 0.310 e. The number of hydrogen-bond acceptors (Lipinski definition) is 15. The maximum atomic E-state index is 13.7. The Morgan fingerprint density at radius 1 is 0.489 bits per heavy atom. The molecule has 2 N–H and O–H groups in total. The number of likely N-dealkylation sites (tertiary alicyclic amines) is 2. The molecule has 0 spiro atoms. The lowest BCUT2D eigenvalue weighted by atomic mass is 9.94. The van der Waals surface area contributed by atoms with Gasteiger partial charge in [-0.05, 0) is 90.6 Å². The van der Waals surface area contributed by atoms with Crippen molar-refractivity contribution in [1.29, 1.82) is 0 Å². The number of carbonyl (C=O) groups is 5. The minimum Gasteiger partial charge on any atom is -0.494 e. The molecule has 5 aromatic carbocycles. The monoisotopic (exact) mass is 1220 g/mol. The van der Waals surface area contributed by atoms with Crippen LogP contribution in [0.1, 0.15) is 114 Å². The van der Waals surface area contributed by atoms with Gasteiger partial charge in [0.15, 0.2) is 11.6 Å². The van der Waals surface area contributed by atoms with Crippen LogP contribution in [-0.2, 0) is 57.6 Å². The van der Waals surface area contributed by atoms with Crippen LogP contribution in [0.15, 0.2) is 152 Å². The molecule has 9 rings (SSSR count). The van der Waals surface area contributed by atoms with Crippen molar-refractivity contribution in [1.82, 2.24) is 29.7 Å². The molecule has 4 atom stereocenters. The normalized spacial score (nSPS) is 15.0. The highest BCUT2D eigenvalue weighted by Gasteiger charge is 2.36. The summed E-state index contributed by atoms with van der Waals surface area (Å²) in [5, 5.41) is 0. The fraction of sp³-hybridized carbons (Fsp3) is 0.411. The van der Waals surface area contributed by atoms with Crippen LogP contribution < -0.4 is 15.2 Å². The van der Waals surface area contributed by atoms with Gasteiger partial charge in [0, 0.05) is 73.2 Å². The fourth-order valence-electron chi connectivity index (χ4n) is 11.1. The number of unbranched alkanes of at least 4 members (excludes halogenated alkanes) is 8. The molecule has 0 aliphatic carbocycles. The predicted octanol–water partition coefficient (Wildman–Crippen LogP) is 12.5. The molecule has 2 fully saturated rings. The molecule has 2 amide bonds. The van der Waals surface area contributed by atoms with Crippen molar-refractivity contribution in [3.05, 3.63) is 169 Å². The molecule has 7 aromatic rings. The molecule has 17 heteroatoms. The highest BCUT2D eigenvalue weighted by molar-refractivity contribution is 5.86. The van der Waals surface area contributed by atoms with Gasteiger partial charge in [-0.2, -0.15) is 0 Å². The summed E-state index contributed by atoms with van der Waals surface area (Å²) in [7, 11) is 2.72. The second kappa shape index (κ2) is 35.4. The summed E-state index contributed by atoms with van der Waals surface area (Å²) >= 11 is 0. The summed E-state index contributed by atoms with van der Waals surface area (Å²) in [4.78, 5) is 85.0. The number of nitrogens with zero attached hydrogens (tertiary/aromatic N) is 6. The first-order valence-electron chi connectivity index (χ1n) is 31.9. The zero-order valence-corrected chi connectivity index (χ0v) is 52.6. The van der Waals surface area contributed by atoms with Gasteiger partial charge in [0.25, 0.3) is 0 Å². The van der Waals surface area contributed by atoms with Crippen molar-refractivity contribution in [3.63, 3.8) is 0 Å². The van der Waals surface area contributed by atoms with E-state index >= 15 is 0 Å². The molecular formula is C73H87N7O10. The number of amides is 2. The van der Waals surface area contributed by atoms with Crippen molar-refractivity contribution in [3.8, 4) is 56.5 Å². The Kier molecular flexibility index (Phi) is 26.4. The van der Waals surface area contributed by atoms with Crippen LogP contribution in [-0.4, -0.2) is 119 Å². The van der Waals surface area contributed by atoms with Gasteiger partial charge in [0.2, 0.25) is 11.8 Å². The number of esters is 3. The molecule has 4 heterocycles. The van der Waals surface area contributed by atoms with Crippen LogP contribution in [0.2, 0.25) is 0 Å². The molecule has 0 radical (unpaired) electrons. The van der Waals surface area contributed by atoms with Crippen molar-refractivity contribution in [2.24, 2.45) is 23.5 Å². The number of aromatic nitrogens is 4. The third-order valence-electron chi connectivity index (χ3n) is 16.5. The number of ether oxygens (including phenoxy) is 5. The summed E-state index contributed by atoms with van der Waals surface area (Å²) < 4.78 is 27.0. The molecule has 2 aliphatic heterocycles. The van der Waals surface area contributed by atoms with Gasteiger partial charge in [-0.25, -0.2) is 19.9 Å². The lowest BCUT2D eigenvalue weighted by Crippen LogP contribution is -2.44. The summed E-state index contributed by atoms with van der Waals surface area (Å²) in [6.07, 6.45) is 21.3. The van der Waals surface area contributed by atoms with Crippen molar-refractivity contribution in [2.45, 2.75) is 123 Å². The summed E-state index contributed by atoms with van der Waals surface area (Å²) in [5.74, 6) is 0.339. The van der Waals surface area contributed by atoms with E-state index in [2.05, 4.69) is 33.8 Å². The van der Waals surface area contributed by atoms with Crippen molar-refractivity contribution in [2.75, 3.05) is 53.6 Å². The molecule has 90 heavy (non-hydrogen) atoms. The summed E-state index contributed by atoms with van der Waals surface area (Å²) in [5.41, 5.74) is 14.6. The maximum absolute atomic E-state index is 13.7. The van der Waals surface area contributed by atoms with Gasteiger partial charge in [-0.3, -0.25) is 24.0 Å². The van der Waals surface area contributed by atoms with Crippen molar-refractivity contribution >= 4 is 29.7 Å². The van der Waals surface area contributed by atoms with E-state index in [1.54, 1.807) is 9.80 Å². The molecule has 0 unspecified atom stereocenters. The number of hydrogen-bond donors (Lipinski definition) is 1. The van der Waals surface area contributed by atoms with Gasteiger partial charge in [0.1, 0.15) is 18.1 Å². The number of rotatable bonds is 30. The van der Waals surface area contributed by atoms with Gasteiger partial charge in [-0.15, -0.1) is 0 Å². The Hall–Kier alpha value is -8.83. The van der Waals surface area contributed by atoms with E-state index in [1.807, 2.05) is 152 Å². The average Bonchev–Trinajstić information content (AvgIpc) is 1.79. The highest BCUT2D eigenvalue weighted by Crippen LogP contribution is 2.29. The van der Waals surface area contributed by atoms with E-state index in [0.29, 0.717) is 57.0 Å². The number of carbonyl (C=O) groups excluding carboxylic acids is 5. The van der Waals surface area contributed by atoms with E-state index in [0.717, 1.165) is 87.6 Å². The third-order valence-corrected chi connectivity index (χ3v) is 16.5. The van der Waals surface area contributed by atoms with Crippen LogP contribution in [0.5, 0.6) is 11.5 Å². The Morgan fingerprint density at radius 2 is 0.911 bits per heavy atom. The first-order valence-corrected chi connectivity index (χ1v) is 31.9. The van der Waals surface area contributed by atoms with Gasteiger partial charge in [-0.1, -0.05) is 168 Å². The SMILES string of the molecule is CCCCCCCOc1ccc(-c2cnc(-c3ccc(C[C@H](CC(=O)OCc4ccccc4)C(=O)N4CC[C@H](C(=O)OC)C4)cc3)nc2)cc1.CCCCCCCOc1ccc(-c2cnc(-c3ccc(C[C@H](N)C(=O)N4CC[C@H](C(=O)OC)C4)cc3)nc2)cc1. The van der Waals surface area contributed by atoms with Gasteiger partial charge < -0.3 is 39.2 Å².